The Kier molecular flexibility index (Phi) is 3.31. The molecule has 0 amide bonds. The van der Waals surface area contributed by atoms with E-state index in [0.29, 0.717) is 0 Å². The topological polar surface area (TPSA) is 12.9 Å². The molecule has 1 heteroatoms. The molecule has 1 fully saturated rings. The van der Waals surface area contributed by atoms with Crippen molar-refractivity contribution >= 4 is 10.8 Å². The molecule has 1 heterocycles. The number of rotatable bonds is 2. The fourth-order valence-corrected chi connectivity index (χ4v) is 3.37. The zero-order valence-corrected chi connectivity index (χ0v) is 11.1. The van der Waals surface area contributed by atoms with E-state index in [2.05, 4.69) is 36.2 Å². The highest BCUT2D eigenvalue weighted by Gasteiger charge is 2.22. The van der Waals surface area contributed by atoms with Gasteiger partial charge in [0.1, 0.15) is 0 Å². The second-order valence-electron chi connectivity index (χ2n) is 5.57. The number of hydrogen-bond donors (Lipinski definition) is 0. The molecule has 0 spiro atoms. The molecule has 2 aromatic rings. The highest BCUT2D eigenvalue weighted by Crippen LogP contribution is 2.39. The summed E-state index contributed by atoms with van der Waals surface area (Å²) in [6.07, 6.45) is 10.8. The SMILES string of the molecule is CCC1CCC(c2cccc3ccncc23)CC1. The lowest BCUT2D eigenvalue weighted by Crippen LogP contribution is -2.12. The lowest BCUT2D eigenvalue weighted by atomic mass is 9.77. The van der Waals surface area contributed by atoms with Gasteiger partial charge in [0.05, 0.1) is 0 Å². The van der Waals surface area contributed by atoms with E-state index in [0.717, 1.165) is 11.8 Å². The van der Waals surface area contributed by atoms with Gasteiger partial charge in [-0.25, -0.2) is 0 Å². The molecule has 1 aliphatic rings. The summed E-state index contributed by atoms with van der Waals surface area (Å²) >= 11 is 0. The van der Waals surface area contributed by atoms with Gasteiger partial charge in [0.2, 0.25) is 0 Å². The van der Waals surface area contributed by atoms with Crippen LogP contribution in [0.1, 0.15) is 50.5 Å². The van der Waals surface area contributed by atoms with Gasteiger partial charge in [-0.05, 0) is 54.5 Å². The minimum Gasteiger partial charge on any atom is -0.264 e. The fourth-order valence-electron chi connectivity index (χ4n) is 3.37. The Balaban J connectivity index is 1.91. The maximum atomic E-state index is 4.30. The Bertz CT molecular complexity index is 519. The molecule has 18 heavy (non-hydrogen) atoms. The van der Waals surface area contributed by atoms with Crippen molar-refractivity contribution in [3.05, 3.63) is 42.2 Å². The van der Waals surface area contributed by atoms with Crippen molar-refractivity contribution in [3.8, 4) is 0 Å². The molecule has 0 bridgehead atoms. The molecule has 3 rings (SSSR count). The van der Waals surface area contributed by atoms with Gasteiger partial charge in [-0.2, -0.15) is 0 Å². The third-order valence-corrected chi connectivity index (χ3v) is 4.58. The molecule has 0 radical (unpaired) electrons. The number of aromatic nitrogens is 1. The molecule has 1 nitrogen and oxygen atoms in total. The van der Waals surface area contributed by atoms with Gasteiger partial charge < -0.3 is 0 Å². The Morgan fingerprint density at radius 3 is 2.72 bits per heavy atom. The molecule has 1 saturated carbocycles. The Morgan fingerprint density at radius 1 is 1.11 bits per heavy atom. The summed E-state index contributed by atoms with van der Waals surface area (Å²) in [7, 11) is 0. The molecule has 1 aromatic carbocycles. The van der Waals surface area contributed by atoms with Crippen molar-refractivity contribution in [2.45, 2.75) is 44.9 Å². The van der Waals surface area contributed by atoms with Crippen molar-refractivity contribution in [2.75, 3.05) is 0 Å². The van der Waals surface area contributed by atoms with Gasteiger partial charge in [0.15, 0.2) is 0 Å². The van der Waals surface area contributed by atoms with Gasteiger partial charge in [0.25, 0.3) is 0 Å². The molecule has 1 aliphatic carbocycles. The van der Waals surface area contributed by atoms with E-state index in [9.17, 15) is 0 Å². The van der Waals surface area contributed by atoms with E-state index in [1.165, 1.54) is 48.4 Å². The Hall–Kier alpha value is -1.37. The summed E-state index contributed by atoms with van der Waals surface area (Å²) in [5.74, 6) is 1.72. The number of hydrogen-bond acceptors (Lipinski definition) is 1. The molecule has 94 valence electrons. The largest absolute Gasteiger partial charge is 0.264 e. The first-order valence-corrected chi connectivity index (χ1v) is 7.21. The minimum absolute atomic E-state index is 0.751. The molecule has 0 aliphatic heterocycles. The molecule has 0 unspecified atom stereocenters. The first-order valence-electron chi connectivity index (χ1n) is 7.21. The van der Waals surface area contributed by atoms with Crippen LogP contribution >= 0.6 is 0 Å². The summed E-state index contributed by atoms with van der Waals surface area (Å²) < 4.78 is 0. The molecule has 0 N–H and O–H groups in total. The first-order chi connectivity index (χ1) is 8.88. The van der Waals surface area contributed by atoms with E-state index in [1.54, 1.807) is 0 Å². The van der Waals surface area contributed by atoms with Crippen molar-refractivity contribution in [1.29, 1.82) is 0 Å². The van der Waals surface area contributed by atoms with Gasteiger partial charge in [-0.3, -0.25) is 4.98 Å². The van der Waals surface area contributed by atoms with Crippen LogP contribution in [0, 0.1) is 5.92 Å². The molecular weight excluding hydrogens is 218 g/mol. The number of benzene rings is 1. The van der Waals surface area contributed by atoms with Crippen molar-refractivity contribution < 1.29 is 0 Å². The number of pyridine rings is 1. The van der Waals surface area contributed by atoms with Gasteiger partial charge >= 0.3 is 0 Å². The molecule has 0 saturated heterocycles. The Morgan fingerprint density at radius 2 is 1.94 bits per heavy atom. The third kappa shape index (κ3) is 2.14. The highest BCUT2D eigenvalue weighted by atomic mass is 14.6. The van der Waals surface area contributed by atoms with Gasteiger partial charge in [0, 0.05) is 17.8 Å². The molecular formula is C17H21N. The lowest BCUT2D eigenvalue weighted by Gasteiger charge is -2.28. The van der Waals surface area contributed by atoms with Gasteiger partial charge in [-0.1, -0.05) is 31.5 Å². The normalized spacial score (nSPS) is 24.3. The van der Waals surface area contributed by atoms with E-state index in [4.69, 9.17) is 0 Å². The van der Waals surface area contributed by atoms with E-state index in [1.807, 2.05) is 12.4 Å². The predicted molar refractivity (Wildman–Crippen MR) is 76.7 cm³/mol. The summed E-state index contributed by atoms with van der Waals surface area (Å²) in [4.78, 5) is 4.30. The van der Waals surface area contributed by atoms with Crippen molar-refractivity contribution in [1.82, 2.24) is 4.98 Å². The van der Waals surface area contributed by atoms with Crippen LogP contribution in [-0.2, 0) is 0 Å². The van der Waals surface area contributed by atoms with Gasteiger partial charge in [-0.15, -0.1) is 0 Å². The summed E-state index contributed by atoms with van der Waals surface area (Å²) in [6, 6.07) is 8.82. The zero-order valence-electron chi connectivity index (χ0n) is 11.1. The Labute approximate surface area is 109 Å². The average molecular weight is 239 g/mol. The second-order valence-corrected chi connectivity index (χ2v) is 5.57. The number of nitrogens with zero attached hydrogens (tertiary/aromatic N) is 1. The van der Waals surface area contributed by atoms with Crippen molar-refractivity contribution in [3.63, 3.8) is 0 Å². The average Bonchev–Trinajstić information content (AvgIpc) is 2.47. The smallest absolute Gasteiger partial charge is 0.0349 e. The van der Waals surface area contributed by atoms with E-state index in [-0.39, 0.29) is 0 Å². The zero-order chi connectivity index (χ0) is 12.4. The number of fused-ring (bicyclic) bond motifs is 1. The van der Waals surface area contributed by atoms with Crippen molar-refractivity contribution in [2.24, 2.45) is 5.92 Å². The molecule has 0 atom stereocenters. The second kappa shape index (κ2) is 5.09. The van der Waals surface area contributed by atoms with Crippen LogP contribution in [0.5, 0.6) is 0 Å². The van der Waals surface area contributed by atoms with Crippen LogP contribution in [0.25, 0.3) is 10.8 Å². The van der Waals surface area contributed by atoms with E-state index < -0.39 is 0 Å². The fraction of sp³-hybridized carbons (Fsp3) is 0.471. The predicted octanol–water partition coefficient (Wildman–Crippen LogP) is 4.92. The minimum atomic E-state index is 0.751. The van der Waals surface area contributed by atoms with Crippen LogP contribution in [0.4, 0.5) is 0 Å². The van der Waals surface area contributed by atoms with Crippen LogP contribution in [0.2, 0.25) is 0 Å². The van der Waals surface area contributed by atoms with Crippen LogP contribution in [0.15, 0.2) is 36.7 Å². The maximum absolute atomic E-state index is 4.30. The monoisotopic (exact) mass is 239 g/mol. The first kappa shape index (κ1) is 11.7. The standard InChI is InChI=1S/C17H21N/c1-2-13-6-8-15(9-7-13)16-5-3-4-14-10-11-18-12-17(14)16/h3-5,10-13,15H,2,6-9H2,1H3. The highest BCUT2D eigenvalue weighted by molar-refractivity contribution is 5.85. The lowest BCUT2D eigenvalue weighted by molar-refractivity contribution is 0.319. The summed E-state index contributed by atoms with van der Waals surface area (Å²) in [5.41, 5.74) is 1.52. The van der Waals surface area contributed by atoms with Crippen LogP contribution < -0.4 is 0 Å². The van der Waals surface area contributed by atoms with Crippen LogP contribution in [-0.4, -0.2) is 4.98 Å². The quantitative estimate of drug-likeness (QED) is 0.725. The maximum Gasteiger partial charge on any atom is 0.0349 e. The molecule has 1 aromatic heterocycles. The van der Waals surface area contributed by atoms with E-state index >= 15 is 0 Å². The third-order valence-electron chi connectivity index (χ3n) is 4.58. The summed E-state index contributed by atoms with van der Waals surface area (Å²) in [5, 5.41) is 2.69. The summed E-state index contributed by atoms with van der Waals surface area (Å²) in [6.45, 7) is 2.33. The van der Waals surface area contributed by atoms with Crippen LogP contribution in [0.3, 0.4) is 0 Å².